The maximum atomic E-state index is 12.3. The average Bonchev–Trinajstić information content (AvgIpc) is 2.99. The van der Waals surface area contributed by atoms with E-state index in [1.807, 2.05) is 27.7 Å². The largest absolute Gasteiger partial charge is 0.465 e. The van der Waals surface area contributed by atoms with E-state index in [0.29, 0.717) is 22.8 Å². The van der Waals surface area contributed by atoms with Gasteiger partial charge in [0.15, 0.2) is 5.69 Å². The van der Waals surface area contributed by atoms with Crippen LogP contribution in [-0.2, 0) is 11.3 Å². The molecule has 2 rings (SSSR count). The number of aryl methyl sites for hydroxylation is 3. The van der Waals surface area contributed by atoms with E-state index in [9.17, 15) is 9.59 Å². The topological polar surface area (TPSA) is 73.2 Å². The van der Waals surface area contributed by atoms with Crippen LogP contribution in [0.2, 0.25) is 0 Å². The molecule has 0 aliphatic carbocycles. The number of carbonyl (C=O) groups excluding carboxylic acids is 2. The van der Waals surface area contributed by atoms with Crippen molar-refractivity contribution in [3.05, 3.63) is 33.5 Å². The Hall–Kier alpha value is -2.15. The number of aromatic nitrogens is 2. The van der Waals surface area contributed by atoms with E-state index in [4.69, 9.17) is 4.74 Å². The molecule has 2 heterocycles. The maximum Gasteiger partial charge on any atom is 0.341 e. The fourth-order valence-corrected chi connectivity index (χ4v) is 3.21. The molecule has 0 aliphatic heterocycles. The normalized spacial score (nSPS) is 10.6. The van der Waals surface area contributed by atoms with Crippen LogP contribution in [0.3, 0.4) is 0 Å². The summed E-state index contributed by atoms with van der Waals surface area (Å²) in [6, 6.07) is 1.73. The highest BCUT2D eigenvalue weighted by molar-refractivity contribution is 7.16. The van der Waals surface area contributed by atoms with Gasteiger partial charge in [-0.2, -0.15) is 5.10 Å². The number of carbonyl (C=O) groups is 2. The van der Waals surface area contributed by atoms with Gasteiger partial charge in [0.05, 0.1) is 12.7 Å². The van der Waals surface area contributed by atoms with Gasteiger partial charge in [-0.05, 0) is 39.3 Å². The summed E-state index contributed by atoms with van der Waals surface area (Å²) < 4.78 is 6.55. The number of anilines is 1. The summed E-state index contributed by atoms with van der Waals surface area (Å²) in [7, 11) is 1.33. The molecule has 0 aliphatic rings. The van der Waals surface area contributed by atoms with Crippen molar-refractivity contribution in [2.75, 3.05) is 12.4 Å². The van der Waals surface area contributed by atoms with E-state index < -0.39 is 5.97 Å². The minimum absolute atomic E-state index is 0.332. The van der Waals surface area contributed by atoms with Gasteiger partial charge in [-0.25, -0.2) is 4.79 Å². The van der Waals surface area contributed by atoms with Gasteiger partial charge in [0.1, 0.15) is 5.00 Å². The Bertz CT molecular complexity index is 731. The van der Waals surface area contributed by atoms with Crippen molar-refractivity contribution in [3.63, 3.8) is 0 Å². The predicted octanol–water partition coefficient (Wildman–Crippen LogP) is 2.93. The zero-order chi connectivity index (χ0) is 16.4. The van der Waals surface area contributed by atoms with Crippen LogP contribution in [0.1, 0.15) is 43.9 Å². The summed E-state index contributed by atoms with van der Waals surface area (Å²) in [5, 5.41) is 7.51. The number of nitrogens with zero attached hydrogens (tertiary/aromatic N) is 2. The van der Waals surface area contributed by atoms with E-state index in [-0.39, 0.29) is 5.91 Å². The molecule has 0 atom stereocenters. The van der Waals surface area contributed by atoms with Crippen LogP contribution in [0.25, 0.3) is 0 Å². The molecule has 2 aromatic rings. The molecule has 0 saturated heterocycles. The van der Waals surface area contributed by atoms with E-state index in [1.165, 1.54) is 18.4 Å². The Morgan fingerprint density at radius 1 is 1.36 bits per heavy atom. The first kappa shape index (κ1) is 16.2. The van der Waals surface area contributed by atoms with Crippen molar-refractivity contribution in [1.29, 1.82) is 0 Å². The first-order valence-corrected chi connectivity index (χ1v) is 7.74. The number of methoxy groups -OCH3 is 1. The highest BCUT2D eigenvalue weighted by atomic mass is 32.1. The number of rotatable bonds is 4. The number of thiophene rings is 1. The van der Waals surface area contributed by atoms with Crippen molar-refractivity contribution in [1.82, 2.24) is 9.78 Å². The van der Waals surface area contributed by atoms with Gasteiger partial charge >= 0.3 is 5.97 Å². The second kappa shape index (κ2) is 6.31. The summed E-state index contributed by atoms with van der Waals surface area (Å²) in [5.74, 6) is -0.783. The van der Waals surface area contributed by atoms with Crippen molar-refractivity contribution in [2.24, 2.45) is 0 Å². The molecule has 1 amide bonds. The third-order valence-corrected chi connectivity index (χ3v) is 4.64. The molecule has 0 radical (unpaired) electrons. The van der Waals surface area contributed by atoms with Crippen LogP contribution in [0.15, 0.2) is 6.07 Å². The zero-order valence-corrected chi connectivity index (χ0v) is 14.1. The molecule has 22 heavy (non-hydrogen) atoms. The molecule has 0 fully saturated rings. The van der Waals surface area contributed by atoms with Crippen LogP contribution in [-0.4, -0.2) is 28.8 Å². The molecule has 118 valence electrons. The first-order valence-electron chi connectivity index (χ1n) is 6.93. The molecule has 0 bridgehead atoms. The number of esters is 1. The molecule has 0 aromatic carbocycles. The van der Waals surface area contributed by atoms with Gasteiger partial charge in [-0.1, -0.05) is 0 Å². The van der Waals surface area contributed by atoms with Crippen molar-refractivity contribution in [2.45, 2.75) is 34.2 Å². The van der Waals surface area contributed by atoms with Crippen LogP contribution < -0.4 is 5.32 Å². The fourth-order valence-electron chi connectivity index (χ4n) is 2.17. The van der Waals surface area contributed by atoms with Crippen LogP contribution in [0, 0.1) is 20.8 Å². The van der Waals surface area contributed by atoms with Gasteiger partial charge in [0.25, 0.3) is 5.91 Å². The Morgan fingerprint density at radius 2 is 2.05 bits per heavy atom. The monoisotopic (exact) mass is 321 g/mol. The van der Waals surface area contributed by atoms with Crippen molar-refractivity contribution >= 4 is 28.2 Å². The molecular weight excluding hydrogens is 302 g/mol. The lowest BCUT2D eigenvalue weighted by molar-refractivity contribution is 0.0601. The minimum atomic E-state index is -0.451. The number of hydrogen-bond donors (Lipinski definition) is 1. The second-order valence-electron chi connectivity index (χ2n) is 4.92. The van der Waals surface area contributed by atoms with Crippen molar-refractivity contribution in [3.8, 4) is 0 Å². The van der Waals surface area contributed by atoms with E-state index in [1.54, 1.807) is 10.7 Å². The number of hydrogen-bond acceptors (Lipinski definition) is 5. The zero-order valence-electron chi connectivity index (χ0n) is 13.3. The molecule has 6 nitrogen and oxygen atoms in total. The smallest absolute Gasteiger partial charge is 0.341 e. The lowest BCUT2D eigenvalue weighted by atomic mass is 10.1. The maximum absolute atomic E-state index is 12.3. The number of nitrogens with one attached hydrogen (secondary N) is 1. The average molecular weight is 321 g/mol. The summed E-state index contributed by atoms with van der Waals surface area (Å²) in [5.41, 5.74) is 2.48. The van der Waals surface area contributed by atoms with E-state index in [0.717, 1.165) is 16.1 Å². The molecule has 0 spiro atoms. The van der Waals surface area contributed by atoms with Crippen LogP contribution in [0.5, 0.6) is 0 Å². The van der Waals surface area contributed by atoms with Gasteiger partial charge in [-0.15, -0.1) is 11.3 Å². The molecular formula is C15H19N3O3S. The molecule has 1 N–H and O–H groups in total. The van der Waals surface area contributed by atoms with Gasteiger partial charge in [0.2, 0.25) is 0 Å². The molecule has 0 saturated carbocycles. The summed E-state index contributed by atoms with van der Waals surface area (Å²) in [6.07, 6.45) is 0. The molecule has 7 heteroatoms. The Morgan fingerprint density at radius 3 is 2.59 bits per heavy atom. The number of ether oxygens (including phenoxy) is 1. The van der Waals surface area contributed by atoms with Crippen LogP contribution >= 0.6 is 11.3 Å². The lowest BCUT2D eigenvalue weighted by Crippen LogP contribution is -2.15. The Labute approximate surface area is 133 Å². The van der Waals surface area contributed by atoms with E-state index in [2.05, 4.69) is 10.4 Å². The third-order valence-electron chi connectivity index (χ3n) is 3.52. The summed E-state index contributed by atoms with van der Waals surface area (Å²) >= 11 is 1.36. The molecule has 0 unspecified atom stereocenters. The van der Waals surface area contributed by atoms with Gasteiger partial charge < -0.3 is 10.1 Å². The third kappa shape index (κ3) is 2.89. The van der Waals surface area contributed by atoms with Crippen molar-refractivity contribution < 1.29 is 14.3 Å². The summed E-state index contributed by atoms with van der Waals surface area (Å²) in [6.45, 7) is 8.29. The van der Waals surface area contributed by atoms with Gasteiger partial charge in [-0.3, -0.25) is 9.48 Å². The standard InChI is InChI=1S/C15H19N3O3S/c1-6-18-8(2)7-11(17-18)13(19)16-14-12(15(20)21-5)9(3)10(4)22-14/h7H,6H2,1-5H3,(H,16,19). The fraction of sp³-hybridized carbons (Fsp3) is 0.400. The Kier molecular flexibility index (Phi) is 4.65. The van der Waals surface area contributed by atoms with Crippen LogP contribution in [0.4, 0.5) is 5.00 Å². The highest BCUT2D eigenvalue weighted by Gasteiger charge is 2.22. The number of amides is 1. The minimum Gasteiger partial charge on any atom is -0.465 e. The lowest BCUT2D eigenvalue weighted by Gasteiger charge is -2.04. The SMILES string of the molecule is CCn1nc(C(=O)Nc2sc(C)c(C)c2C(=O)OC)cc1C. The second-order valence-corrected chi connectivity index (χ2v) is 6.14. The Balaban J connectivity index is 2.32. The predicted molar refractivity (Wildman–Crippen MR) is 85.7 cm³/mol. The molecule has 2 aromatic heterocycles. The first-order chi connectivity index (χ1) is 10.4. The quantitative estimate of drug-likeness (QED) is 0.879. The highest BCUT2D eigenvalue weighted by Crippen LogP contribution is 2.33. The summed E-state index contributed by atoms with van der Waals surface area (Å²) in [4.78, 5) is 25.2. The van der Waals surface area contributed by atoms with E-state index >= 15 is 0 Å². The van der Waals surface area contributed by atoms with Gasteiger partial charge in [0, 0.05) is 17.1 Å².